The fourth-order valence-electron chi connectivity index (χ4n) is 5.97. The van der Waals surface area contributed by atoms with E-state index in [-0.39, 0.29) is 13.0 Å². The minimum Gasteiger partial charge on any atom is -0.480 e. The number of aliphatic carboxylic acids is 1. The van der Waals surface area contributed by atoms with E-state index in [4.69, 9.17) is 29.4 Å². The van der Waals surface area contributed by atoms with Crippen molar-refractivity contribution < 1.29 is 42.7 Å². The molecule has 0 bridgehead atoms. The van der Waals surface area contributed by atoms with Crippen molar-refractivity contribution in [1.29, 1.82) is 0 Å². The normalized spacial score (nSPS) is 14.4. The third kappa shape index (κ3) is 40.1. The molecule has 4 N–H and O–H groups in total. The second-order valence-electron chi connectivity index (χ2n) is 14.8. The molecule has 3 unspecified atom stereocenters. The van der Waals surface area contributed by atoms with Crippen LogP contribution >= 0.6 is 7.82 Å². The molecule has 0 fully saturated rings. The van der Waals surface area contributed by atoms with E-state index >= 15 is 0 Å². The van der Waals surface area contributed by atoms with Gasteiger partial charge in [-0.1, -0.05) is 191 Å². The van der Waals surface area contributed by atoms with E-state index in [1.54, 1.807) is 0 Å². The predicted octanol–water partition coefficient (Wildman–Crippen LogP) is 12.3. The second-order valence-corrected chi connectivity index (χ2v) is 16.3. The Labute approximate surface area is 341 Å². The monoisotopic (exact) mass is 812 g/mol. The van der Waals surface area contributed by atoms with Gasteiger partial charge in [0.2, 0.25) is 0 Å². The zero-order chi connectivity index (χ0) is 41.2. The summed E-state index contributed by atoms with van der Waals surface area (Å²) in [5.41, 5.74) is 5.35. The fraction of sp³-hybridized carbons (Fsp3) is 0.778. The van der Waals surface area contributed by atoms with Crippen LogP contribution < -0.4 is 5.73 Å². The highest BCUT2D eigenvalue weighted by molar-refractivity contribution is 7.47. The van der Waals surface area contributed by atoms with Gasteiger partial charge in [-0.25, -0.2) is 4.57 Å². The first-order valence-corrected chi connectivity index (χ1v) is 23.7. The molecule has 0 amide bonds. The molecule has 0 saturated heterocycles. The van der Waals surface area contributed by atoms with Gasteiger partial charge in [-0.2, -0.15) is 0 Å². The Morgan fingerprint density at radius 1 is 0.589 bits per heavy atom. The molecule has 0 spiro atoms. The van der Waals surface area contributed by atoms with Gasteiger partial charge in [-0.05, 0) is 38.5 Å². The lowest BCUT2D eigenvalue weighted by molar-refractivity contribution is -0.154. The molecule has 0 aliphatic carbocycles. The average molecular weight is 812 g/mol. The van der Waals surface area contributed by atoms with Gasteiger partial charge in [0.05, 0.1) is 19.8 Å². The topological polar surface area (TPSA) is 155 Å². The average Bonchev–Trinajstić information content (AvgIpc) is 3.18. The number of hydrogen-bond donors (Lipinski definition) is 3. The van der Waals surface area contributed by atoms with Crippen LogP contribution in [0.1, 0.15) is 187 Å². The van der Waals surface area contributed by atoms with Gasteiger partial charge in [0.1, 0.15) is 12.1 Å². The van der Waals surface area contributed by atoms with Crippen LogP contribution in [0.3, 0.4) is 0 Å². The van der Waals surface area contributed by atoms with Crippen LogP contribution in [0.25, 0.3) is 0 Å². The fourth-order valence-corrected chi connectivity index (χ4v) is 6.75. The number of hydrogen-bond acceptors (Lipinski definition) is 8. The van der Waals surface area contributed by atoms with Crippen molar-refractivity contribution in [1.82, 2.24) is 0 Å². The van der Waals surface area contributed by atoms with E-state index in [1.807, 2.05) is 12.2 Å². The van der Waals surface area contributed by atoms with E-state index in [9.17, 15) is 19.0 Å². The van der Waals surface area contributed by atoms with E-state index < -0.39 is 45.1 Å². The lowest BCUT2D eigenvalue weighted by Crippen LogP contribution is -2.34. The quantitative estimate of drug-likeness (QED) is 0.0235. The molecule has 0 aliphatic heterocycles. The highest BCUT2D eigenvalue weighted by Gasteiger charge is 2.27. The minimum atomic E-state index is -4.63. The molecule has 0 rings (SSSR count). The Kier molecular flexibility index (Phi) is 39.6. The van der Waals surface area contributed by atoms with Crippen LogP contribution in [-0.4, -0.2) is 60.5 Å². The Balaban J connectivity index is 4.21. The SMILES string of the molecule is CC/C=C\C/C=C\C/C=C\C/C=C\CCC(=O)OC(COCCCCCCCCCCCCCCCCCCCCCCC)COP(=O)(O)OCC(N)C(=O)O. The molecular weight excluding hydrogens is 729 g/mol. The third-order valence-corrected chi connectivity index (χ3v) is 10.3. The minimum absolute atomic E-state index is 0.0104. The Hall–Kier alpha value is -2.07. The van der Waals surface area contributed by atoms with Crippen LogP contribution in [0.15, 0.2) is 48.6 Å². The van der Waals surface area contributed by atoms with Gasteiger partial charge < -0.3 is 25.2 Å². The zero-order valence-corrected chi connectivity index (χ0v) is 36.4. The van der Waals surface area contributed by atoms with Gasteiger partial charge in [-0.15, -0.1) is 0 Å². The third-order valence-electron chi connectivity index (χ3n) is 9.39. The summed E-state index contributed by atoms with van der Waals surface area (Å²) < 4.78 is 33.2. The molecule has 10 nitrogen and oxygen atoms in total. The lowest BCUT2D eigenvalue weighted by Gasteiger charge is -2.20. The van der Waals surface area contributed by atoms with Crippen molar-refractivity contribution in [3.05, 3.63) is 48.6 Å². The Morgan fingerprint density at radius 2 is 1.00 bits per heavy atom. The van der Waals surface area contributed by atoms with Crippen LogP contribution in [0.2, 0.25) is 0 Å². The molecule has 0 aliphatic rings. The first-order chi connectivity index (χ1) is 27.2. The number of nitrogens with two attached hydrogens (primary N) is 1. The molecular formula is C45H82NO9P. The number of carbonyl (C=O) groups is 2. The lowest BCUT2D eigenvalue weighted by atomic mass is 10.0. The van der Waals surface area contributed by atoms with Crippen LogP contribution in [0, 0.1) is 0 Å². The van der Waals surface area contributed by atoms with Gasteiger partial charge in [-0.3, -0.25) is 18.6 Å². The van der Waals surface area contributed by atoms with Gasteiger partial charge in [0, 0.05) is 13.0 Å². The summed E-state index contributed by atoms with van der Waals surface area (Å²) in [5, 5.41) is 8.89. The zero-order valence-electron chi connectivity index (χ0n) is 35.5. The van der Waals surface area contributed by atoms with Crippen LogP contribution in [0.4, 0.5) is 0 Å². The summed E-state index contributed by atoms with van der Waals surface area (Å²) in [5.74, 6) is -1.86. The van der Waals surface area contributed by atoms with Gasteiger partial charge >= 0.3 is 19.8 Å². The summed E-state index contributed by atoms with van der Waals surface area (Å²) in [6, 6.07) is -1.48. The molecule has 0 aromatic carbocycles. The molecule has 326 valence electrons. The maximum atomic E-state index is 12.6. The largest absolute Gasteiger partial charge is 0.480 e. The summed E-state index contributed by atoms with van der Waals surface area (Å²) in [7, 11) is -4.63. The number of carboxylic acid groups (broad SMARTS) is 1. The van der Waals surface area contributed by atoms with E-state index in [2.05, 4.69) is 50.3 Å². The van der Waals surface area contributed by atoms with Crippen molar-refractivity contribution >= 4 is 19.8 Å². The molecule has 0 aromatic heterocycles. The number of esters is 1. The summed E-state index contributed by atoms with van der Waals surface area (Å²) >= 11 is 0. The number of carboxylic acids is 1. The van der Waals surface area contributed by atoms with Crippen molar-refractivity contribution in [3.8, 4) is 0 Å². The van der Waals surface area contributed by atoms with E-state index in [0.29, 0.717) is 13.0 Å². The highest BCUT2D eigenvalue weighted by atomic mass is 31.2. The first-order valence-electron chi connectivity index (χ1n) is 22.2. The molecule has 11 heteroatoms. The van der Waals surface area contributed by atoms with Gasteiger partial charge in [0.25, 0.3) is 0 Å². The number of ether oxygens (including phenoxy) is 2. The number of unbranched alkanes of at least 4 members (excludes halogenated alkanes) is 20. The van der Waals surface area contributed by atoms with Crippen LogP contribution in [-0.2, 0) is 32.7 Å². The summed E-state index contributed by atoms with van der Waals surface area (Å²) in [6.07, 6.45) is 47.7. The predicted molar refractivity (Wildman–Crippen MR) is 231 cm³/mol. The van der Waals surface area contributed by atoms with Crippen molar-refractivity contribution in [2.75, 3.05) is 26.4 Å². The van der Waals surface area contributed by atoms with Crippen molar-refractivity contribution in [2.45, 2.75) is 199 Å². The second kappa shape index (κ2) is 41.1. The van der Waals surface area contributed by atoms with E-state index in [1.165, 1.54) is 116 Å². The first kappa shape index (κ1) is 53.9. The maximum Gasteiger partial charge on any atom is 0.472 e. The van der Waals surface area contributed by atoms with Gasteiger partial charge in [0.15, 0.2) is 0 Å². The Bertz CT molecular complexity index is 1080. The number of allylic oxidation sites excluding steroid dienone is 8. The number of rotatable bonds is 42. The molecule has 0 heterocycles. The molecule has 0 radical (unpaired) electrons. The van der Waals surface area contributed by atoms with Crippen molar-refractivity contribution in [2.24, 2.45) is 5.73 Å². The standard InChI is InChI=1S/C45H82NO9P/c1-3-5-7-9-11-13-15-17-18-19-20-21-22-23-24-26-28-30-32-34-36-38-52-39-42(40-53-56(50,51)54-41-43(46)45(48)49)55-44(47)37-35-33-31-29-27-25-16-14-12-10-8-6-4-2/h6,8,12,14,25,27,31,33,42-43H,3-5,7,9-11,13,15-24,26,28-30,32,34-41,46H2,1-2H3,(H,48,49)(H,50,51)/b8-6-,14-12-,27-25-,33-31-. The van der Waals surface area contributed by atoms with Crippen LogP contribution in [0.5, 0.6) is 0 Å². The molecule has 56 heavy (non-hydrogen) atoms. The summed E-state index contributed by atoms with van der Waals surface area (Å²) in [6.45, 7) is 3.69. The number of phosphoric acid groups is 1. The summed E-state index contributed by atoms with van der Waals surface area (Å²) in [4.78, 5) is 33.4. The molecule has 3 atom stereocenters. The van der Waals surface area contributed by atoms with E-state index in [0.717, 1.165) is 44.9 Å². The Morgan fingerprint density at radius 3 is 1.45 bits per heavy atom. The highest BCUT2D eigenvalue weighted by Crippen LogP contribution is 2.43. The molecule has 0 saturated carbocycles. The smallest absolute Gasteiger partial charge is 0.472 e. The number of phosphoric ester groups is 1. The molecule has 0 aromatic rings. The number of carbonyl (C=O) groups excluding carboxylic acids is 1. The van der Waals surface area contributed by atoms with Crippen molar-refractivity contribution in [3.63, 3.8) is 0 Å². The maximum absolute atomic E-state index is 12.6.